The van der Waals surface area contributed by atoms with Gasteiger partial charge in [0.15, 0.2) is 5.82 Å². The molecule has 3 aromatic heterocycles. The quantitative estimate of drug-likeness (QED) is 0.504. The van der Waals surface area contributed by atoms with Crippen LogP contribution in [0.25, 0.3) is 17.1 Å². The van der Waals surface area contributed by atoms with Gasteiger partial charge in [-0.25, -0.2) is 4.98 Å². The average molecular weight is 357 g/mol. The van der Waals surface area contributed by atoms with Crippen molar-refractivity contribution in [3.63, 3.8) is 0 Å². The van der Waals surface area contributed by atoms with E-state index in [1.165, 1.54) is 5.56 Å². The summed E-state index contributed by atoms with van der Waals surface area (Å²) in [6, 6.07) is 11.8. The lowest BCUT2D eigenvalue weighted by Crippen LogP contribution is -2.09. The highest BCUT2D eigenvalue weighted by atomic mass is 15.5. The van der Waals surface area contributed by atoms with Crippen LogP contribution < -0.4 is 10.6 Å². The summed E-state index contributed by atoms with van der Waals surface area (Å²) >= 11 is 0. The molecule has 5 rings (SSSR count). The van der Waals surface area contributed by atoms with Gasteiger partial charge in [-0.05, 0) is 46.7 Å². The summed E-state index contributed by atoms with van der Waals surface area (Å²) in [6.45, 7) is 0.719. The van der Waals surface area contributed by atoms with Crippen LogP contribution >= 0.6 is 0 Å². The van der Waals surface area contributed by atoms with Gasteiger partial charge in [0, 0.05) is 25.1 Å². The van der Waals surface area contributed by atoms with Gasteiger partial charge in [-0.3, -0.25) is 4.98 Å². The van der Waals surface area contributed by atoms with E-state index in [2.05, 4.69) is 41.1 Å². The molecule has 2 N–H and O–H groups in total. The smallest absolute Gasteiger partial charge is 0.224 e. The fourth-order valence-electron chi connectivity index (χ4n) is 3.00. The number of para-hydroxylation sites is 2. The first-order chi connectivity index (χ1) is 13.4. The predicted molar refractivity (Wildman–Crippen MR) is 99.9 cm³/mol. The topological polar surface area (TPSA) is 106 Å². The minimum atomic E-state index is 0.550. The van der Waals surface area contributed by atoms with Gasteiger partial charge < -0.3 is 10.6 Å². The van der Waals surface area contributed by atoms with Crippen molar-refractivity contribution in [1.29, 1.82) is 0 Å². The predicted octanol–water partition coefficient (Wildman–Crippen LogP) is 2.23. The SMILES string of the molecule is c1ccc2c(c1)Nc1nc(NCCc3ccncc3)ncc1-c1nnnn1-2. The fourth-order valence-corrected chi connectivity index (χ4v) is 3.00. The zero-order valence-corrected chi connectivity index (χ0v) is 14.2. The van der Waals surface area contributed by atoms with Gasteiger partial charge in [0.1, 0.15) is 5.82 Å². The number of hydrogen-bond donors (Lipinski definition) is 2. The van der Waals surface area contributed by atoms with E-state index in [0.29, 0.717) is 17.6 Å². The normalized spacial score (nSPS) is 11.6. The first-order valence-electron chi connectivity index (χ1n) is 8.53. The first-order valence-corrected chi connectivity index (χ1v) is 8.53. The number of fused-ring (bicyclic) bond motifs is 5. The molecule has 4 aromatic rings. The highest BCUT2D eigenvalue weighted by molar-refractivity contribution is 5.81. The van der Waals surface area contributed by atoms with Gasteiger partial charge in [-0.2, -0.15) is 9.67 Å². The zero-order valence-electron chi connectivity index (χ0n) is 14.2. The first kappa shape index (κ1) is 15.4. The van der Waals surface area contributed by atoms with Gasteiger partial charge in [0.25, 0.3) is 0 Å². The van der Waals surface area contributed by atoms with E-state index in [0.717, 1.165) is 29.9 Å². The van der Waals surface area contributed by atoms with Crippen LogP contribution in [0.4, 0.5) is 17.5 Å². The monoisotopic (exact) mass is 357 g/mol. The Morgan fingerprint density at radius 3 is 2.89 bits per heavy atom. The Bertz CT molecular complexity index is 1090. The minimum absolute atomic E-state index is 0.550. The maximum atomic E-state index is 4.63. The number of rotatable bonds is 4. The molecule has 1 aliphatic heterocycles. The third-order valence-corrected chi connectivity index (χ3v) is 4.33. The molecule has 1 aliphatic rings. The number of pyridine rings is 1. The van der Waals surface area contributed by atoms with Gasteiger partial charge in [0.2, 0.25) is 5.95 Å². The molecule has 0 atom stereocenters. The molecular weight excluding hydrogens is 342 g/mol. The van der Waals surface area contributed by atoms with Crippen molar-refractivity contribution in [2.24, 2.45) is 0 Å². The lowest BCUT2D eigenvalue weighted by Gasteiger charge is -2.10. The van der Waals surface area contributed by atoms with Crippen molar-refractivity contribution in [3.8, 4) is 17.1 Å². The second-order valence-corrected chi connectivity index (χ2v) is 6.04. The van der Waals surface area contributed by atoms with Crippen molar-refractivity contribution in [3.05, 3.63) is 60.6 Å². The van der Waals surface area contributed by atoms with E-state index in [4.69, 9.17) is 0 Å². The Morgan fingerprint density at radius 2 is 1.96 bits per heavy atom. The third-order valence-electron chi connectivity index (χ3n) is 4.33. The minimum Gasteiger partial charge on any atom is -0.354 e. The molecule has 0 unspecified atom stereocenters. The summed E-state index contributed by atoms with van der Waals surface area (Å²) in [4.78, 5) is 13.1. The Labute approximate surface area is 154 Å². The van der Waals surface area contributed by atoms with Crippen LogP contribution in [0.15, 0.2) is 55.0 Å². The summed E-state index contributed by atoms with van der Waals surface area (Å²) in [5.74, 6) is 1.82. The average Bonchev–Trinajstić information content (AvgIpc) is 3.14. The van der Waals surface area contributed by atoms with Crippen LogP contribution in [0.5, 0.6) is 0 Å². The maximum Gasteiger partial charge on any atom is 0.224 e. The summed E-state index contributed by atoms with van der Waals surface area (Å²) < 4.78 is 1.69. The highest BCUT2D eigenvalue weighted by Gasteiger charge is 2.23. The fraction of sp³-hybridized carbons (Fsp3) is 0.111. The highest BCUT2D eigenvalue weighted by Crippen LogP contribution is 2.35. The Hall–Kier alpha value is -3.88. The third kappa shape index (κ3) is 2.84. The van der Waals surface area contributed by atoms with Crippen LogP contribution in [-0.4, -0.2) is 41.7 Å². The van der Waals surface area contributed by atoms with Crippen molar-refractivity contribution in [1.82, 2.24) is 35.2 Å². The maximum absolute atomic E-state index is 4.63. The van der Waals surface area contributed by atoms with Crippen molar-refractivity contribution >= 4 is 17.5 Å². The number of nitrogens with one attached hydrogen (secondary N) is 2. The molecule has 27 heavy (non-hydrogen) atoms. The molecule has 0 bridgehead atoms. The number of benzene rings is 1. The van der Waals surface area contributed by atoms with Gasteiger partial charge in [-0.15, -0.1) is 5.10 Å². The van der Waals surface area contributed by atoms with Crippen LogP contribution in [0.3, 0.4) is 0 Å². The van der Waals surface area contributed by atoms with E-state index in [1.807, 2.05) is 36.4 Å². The van der Waals surface area contributed by atoms with Gasteiger partial charge >= 0.3 is 0 Å². The molecule has 0 amide bonds. The van der Waals surface area contributed by atoms with Crippen molar-refractivity contribution in [2.45, 2.75) is 6.42 Å². The molecule has 4 heterocycles. The summed E-state index contributed by atoms with van der Waals surface area (Å²) in [6.07, 6.45) is 6.18. The molecule has 132 valence electrons. The lowest BCUT2D eigenvalue weighted by molar-refractivity contribution is 0.793. The van der Waals surface area contributed by atoms with Crippen LogP contribution in [0.1, 0.15) is 5.56 Å². The number of nitrogens with zero attached hydrogens (tertiary/aromatic N) is 7. The van der Waals surface area contributed by atoms with Crippen LogP contribution in [0.2, 0.25) is 0 Å². The van der Waals surface area contributed by atoms with Gasteiger partial charge in [-0.1, -0.05) is 12.1 Å². The molecule has 0 saturated carbocycles. The number of aromatic nitrogens is 7. The lowest BCUT2D eigenvalue weighted by atomic mass is 10.2. The molecule has 1 aromatic carbocycles. The van der Waals surface area contributed by atoms with Gasteiger partial charge in [0.05, 0.1) is 16.9 Å². The number of anilines is 3. The van der Waals surface area contributed by atoms with E-state index in [9.17, 15) is 0 Å². The molecule has 0 fully saturated rings. The molecule has 9 nitrogen and oxygen atoms in total. The zero-order chi connectivity index (χ0) is 18.1. The summed E-state index contributed by atoms with van der Waals surface area (Å²) in [5, 5.41) is 18.7. The number of tetrazole rings is 1. The summed E-state index contributed by atoms with van der Waals surface area (Å²) in [5.41, 5.74) is 3.70. The molecule has 0 radical (unpaired) electrons. The number of hydrogen-bond acceptors (Lipinski definition) is 8. The van der Waals surface area contributed by atoms with E-state index in [1.54, 1.807) is 23.3 Å². The van der Waals surface area contributed by atoms with E-state index in [-0.39, 0.29) is 0 Å². The van der Waals surface area contributed by atoms with Crippen molar-refractivity contribution < 1.29 is 0 Å². The second-order valence-electron chi connectivity index (χ2n) is 6.04. The van der Waals surface area contributed by atoms with Crippen molar-refractivity contribution in [2.75, 3.05) is 17.2 Å². The molecule has 0 saturated heterocycles. The Morgan fingerprint density at radius 1 is 1.07 bits per heavy atom. The Balaban J connectivity index is 1.44. The molecule has 9 heteroatoms. The second kappa shape index (κ2) is 6.45. The van der Waals surface area contributed by atoms with Crippen LogP contribution in [-0.2, 0) is 6.42 Å². The summed E-state index contributed by atoms with van der Waals surface area (Å²) in [7, 11) is 0. The molecular formula is C18H15N9. The standard InChI is InChI=1S/C18H15N9/c1-2-4-15-14(3-1)22-16-13(17-24-25-26-27(15)17)11-21-18(23-16)20-10-7-12-5-8-19-9-6-12/h1-6,8-9,11H,7,10H2,(H2,20,21,22,23). The van der Waals surface area contributed by atoms with Crippen LogP contribution in [0, 0.1) is 0 Å². The molecule has 0 aliphatic carbocycles. The van der Waals surface area contributed by atoms with E-state index < -0.39 is 0 Å². The largest absolute Gasteiger partial charge is 0.354 e. The molecule has 0 spiro atoms. The Kier molecular flexibility index (Phi) is 3.67. The van der Waals surface area contributed by atoms with E-state index >= 15 is 0 Å².